The van der Waals surface area contributed by atoms with E-state index in [0.717, 1.165) is 37.5 Å². The van der Waals surface area contributed by atoms with Crippen LogP contribution in [-0.2, 0) is 33.9 Å². The topological polar surface area (TPSA) is 148 Å². The van der Waals surface area contributed by atoms with E-state index in [0.29, 0.717) is 43.3 Å². The Bertz CT molecular complexity index is 1390. The molecule has 0 heterocycles. The second-order valence-corrected chi connectivity index (χ2v) is 17.2. The molecule has 46 heavy (non-hydrogen) atoms. The monoisotopic (exact) mass is 664 g/mol. The normalized spacial score (nSPS) is 39.7. The Labute approximate surface area is 275 Å². The second kappa shape index (κ2) is 13.3. The summed E-state index contributed by atoms with van der Waals surface area (Å²) in [7, 11) is -3.72. The number of carbonyl (C=O) groups excluding carboxylic acids is 3. The summed E-state index contributed by atoms with van der Waals surface area (Å²) >= 11 is 0. The molecule has 0 radical (unpaired) electrons. The van der Waals surface area contributed by atoms with Crippen LogP contribution in [0.25, 0.3) is 0 Å². The molecule has 4 aliphatic rings. The van der Waals surface area contributed by atoms with E-state index in [-0.39, 0.29) is 46.6 Å². The molecule has 0 aromatic rings. The molecule has 4 aliphatic carbocycles. The smallest absolute Gasteiger partial charge is 0.305 e. The van der Waals surface area contributed by atoms with Crippen LogP contribution in [0.1, 0.15) is 113 Å². The molecule has 260 valence electrons. The molecule has 0 spiro atoms. The standard InChI is InChI=1S/C35H56N2O8S/c1-10-29(40)45-27-15-16-33(6)24(21(27)4)14-17-34(7)31(33)26(39)18-25-30(28(44-22(5)38)19-35(25,34)8)23(13-11-12-20(2)3)32(41)36-37-46(9,42)43/h12,21,24-28,31,37,39H,10-11,13-19H2,1-9H3,(H,36,41)/b30-23-/t21-,24-,25-,26+,27+,28-,31?,33-,34-,35-/m0/s1. The lowest BCUT2D eigenvalue weighted by Gasteiger charge is -2.69. The first-order valence-electron chi connectivity index (χ1n) is 17.0. The van der Waals surface area contributed by atoms with Crippen LogP contribution in [-0.4, -0.2) is 55.9 Å². The summed E-state index contributed by atoms with van der Waals surface area (Å²) < 4.78 is 35.7. The Morgan fingerprint density at radius 2 is 1.72 bits per heavy atom. The van der Waals surface area contributed by atoms with E-state index in [1.165, 1.54) is 6.92 Å². The van der Waals surface area contributed by atoms with Crippen molar-refractivity contribution in [2.24, 2.45) is 39.9 Å². The molecular weight excluding hydrogens is 608 g/mol. The van der Waals surface area contributed by atoms with Gasteiger partial charge in [-0.3, -0.25) is 19.8 Å². The number of allylic oxidation sites excluding steroid dienone is 2. The predicted molar refractivity (Wildman–Crippen MR) is 175 cm³/mol. The van der Waals surface area contributed by atoms with Gasteiger partial charge in [-0.05, 0) is 111 Å². The molecule has 0 aromatic carbocycles. The Morgan fingerprint density at radius 1 is 1.04 bits per heavy atom. The van der Waals surface area contributed by atoms with Gasteiger partial charge in [0, 0.05) is 18.9 Å². The van der Waals surface area contributed by atoms with Gasteiger partial charge in [-0.25, -0.2) is 8.42 Å². The van der Waals surface area contributed by atoms with Gasteiger partial charge in [0.05, 0.1) is 12.4 Å². The lowest BCUT2D eigenvalue weighted by Crippen LogP contribution is -2.65. The Balaban J connectivity index is 1.80. The van der Waals surface area contributed by atoms with Crippen LogP contribution in [0.2, 0.25) is 0 Å². The number of amides is 1. The number of fused-ring (bicyclic) bond motifs is 5. The molecule has 1 unspecified atom stereocenters. The molecule has 4 rings (SSSR count). The number of hydrogen-bond donors (Lipinski definition) is 3. The van der Waals surface area contributed by atoms with Crippen molar-refractivity contribution in [3.63, 3.8) is 0 Å². The predicted octanol–water partition coefficient (Wildman–Crippen LogP) is 5.12. The van der Waals surface area contributed by atoms with Crippen molar-refractivity contribution in [1.29, 1.82) is 0 Å². The van der Waals surface area contributed by atoms with Crippen LogP contribution in [0.4, 0.5) is 0 Å². The number of rotatable bonds is 9. The van der Waals surface area contributed by atoms with Crippen LogP contribution in [0.5, 0.6) is 0 Å². The molecule has 10 atom stereocenters. The van der Waals surface area contributed by atoms with Gasteiger partial charge in [-0.2, -0.15) is 0 Å². The summed E-state index contributed by atoms with van der Waals surface area (Å²) in [6, 6.07) is 0. The van der Waals surface area contributed by atoms with Crippen LogP contribution in [0.15, 0.2) is 22.8 Å². The van der Waals surface area contributed by atoms with E-state index in [9.17, 15) is 27.9 Å². The van der Waals surface area contributed by atoms with Gasteiger partial charge in [0.25, 0.3) is 5.91 Å². The molecule has 0 saturated heterocycles. The largest absolute Gasteiger partial charge is 0.462 e. The van der Waals surface area contributed by atoms with Gasteiger partial charge >= 0.3 is 11.9 Å². The van der Waals surface area contributed by atoms with E-state index in [1.54, 1.807) is 0 Å². The zero-order valence-corrected chi connectivity index (χ0v) is 30.0. The van der Waals surface area contributed by atoms with Gasteiger partial charge in [0.2, 0.25) is 10.0 Å². The SMILES string of the molecule is CCC(=O)O[C@@H]1CC[C@]2(C)C3[C@H](O)C[C@H]4/C(=C(\CCC=C(C)C)C(=O)NNS(C)(=O)=O)[C@@H](OC(C)=O)C[C@]4(C)[C@@]3(C)CC[C@H]2[C@@H]1C. The van der Waals surface area contributed by atoms with E-state index in [1.807, 2.05) is 26.8 Å². The first-order chi connectivity index (χ1) is 21.3. The molecule has 4 fully saturated rings. The minimum atomic E-state index is -3.72. The maximum Gasteiger partial charge on any atom is 0.305 e. The van der Waals surface area contributed by atoms with Crippen LogP contribution >= 0.6 is 0 Å². The lowest BCUT2D eigenvalue weighted by molar-refractivity contribution is -0.236. The second-order valence-electron chi connectivity index (χ2n) is 15.5. The summed E-state index contributed by atoms with van der Waals surface area (Å²) in [6.45, 7) is 16.2. The van der Waals surface area contributed by atoms with Crippen molar-refractivity contribution in [1.82, 2.24) is 10.3 Å². The minimum absolute atomic E-state index is 0.0440. The van der Waals surface area contributed by atoms with E-state index in [4.69, 9.17) is 9.47 Å². The quantitative estimate of drug-likeness (QED) is 0.133. The van der Waals surface area contributed by atoms with Crippen molar-refractivity contribution in [2.75, 3.05) is 6.26 Å². The van der Waals surface area contributed by atoms with E-state index >= 15 is 0 Å². The highest BCUT2D eigenvalue weighted by molar-refractivity contribution is 7.88. The summed E-state index contributed by atoms with van der Waals surface area (Å²) in [5.41, 5.74) is 3.60. The lowest BCUT2D eigenvalue weighted by atomic mass is 9.36. The molecule has 11 heteroatoms. The number of ether oxygens (including phenoxy) is 2. The van der Waals surface area contributed by atoms with Gasteiger partial charge < -0.3 is 14.6 Å². The Kier molecular flexibility index (Phi) is 10.6. The molecule has 0 aromatic heterocycles. The van der Waals surface area contributed by atoms with Gasteiger partial charge in [0.15, 0.2) is 0 Å². The minimum Gasteiger partial charge on any atom is -0.462 e. The highest BCUT2D eigenvalue weighted by atomic mass is 32.2. The molecule has 0 bridgehead atoms. The summed E-state index contributed by atoms with van der Waals surface area (Å²) in [6.07, 6.45) is 7.03. The molecular formula is C35H56N2O8S. The third-order valence-corrected chi connectivity index (χ3v) is 12.9. The maximum atomic E-state index is 13.8. The van der Waals surface area contributed by atoms with Crippen LogP contribution in [0, 0.1) is 39.9 Å². The fourth-order valence-corrected chi connectivity index (χ4v) is 10.7. The van der Waals surface area contributed by atoms with Crippen molar-refractivity contribution in [3.8, 4) is 0 Å². The van der Waals surface area contributed by atoms with Gasteiger partial charge in [-0.1, -0.05) is 46.3 Å². The van der Waals surface area contributed by atoms with Crippen molar-refractivity contribution >= 4 is 27.9 Å². The van der Waals surface area contributed by atoms with Crippen molar-refractivity contribution in [3.05, 3.63) is 22.8 Å². The summed E-state index contributed by atoms with van der Waals surface area (Å²) in [4.78, 5) is 40.6. The van der Waals surface area contributed by atoms with Crippen LogP contribution in [0.3, 0.4) is 0 Å². The number of aliphatic hydroxyl groups is 1. The number of esters is 2. The number of hydrazine groups is 1. The average molecular weight is 665 g/mol. The van der Waals surface area contributed by atoms with E-state index < -0.39 is 39.5 Å². The zero-order chi connectivity index (χ0) is 34.4. The third kappa shape index (κ3) is 6.70. The number of hydrogen-bond acceptors (Lipinski definition) is 8. The first-order valence-corrected chi connectivity index (χ1v) is 18.9. The van der Waals surface area contributed by atoms with Crippen molar-refractivity contribution < 1.29 is 37.4 Å². The first kappa shape index (κ1) is 36.6. The fraction of sp³-hybridized carbons (Fsp3) is 0.800. The Hall–Kier alpha value is -2.24. The van der Waals surface area contributed by atoms with E-state index in [2.05, 4.69) is 38.0 Å². The highest BCUT2D eigenvalue weighted by Crippen LogP contribution is 2.74. The number of aliphatic hydroxyl groups excluding tert-OH is 1. The number of sulfonamides is 1. The third-order valence-electron chi connectivity index (χ3n) is 12.5. The van der Waals surface area contributed by atoms with Gasteiger partial charge in [0.1, 0.15) is 12.2 Å². The zero-order valence-electron chi connectivity index (χ0n) is 29.2. The molecule has 4 saturated carbocycles. The molecule has 10 nitrogen and oxygen atoms in total. The Morgan fingerprint density at radius 3 is 2.30 bits per heavy atom. The highest BCUT2D eigenvalue weighted by Gasteiger charge is 2.71. The van der Waals surface area contributed by atoms with Crippen LogP contribution < -0.4 is 10.3 Å². The summed E-state index contributed by atoms with van der Waals surface area (Å²) in [5, 5.41) is 12.2. The molecule has 0 aliphatic heterocycles. The number of nitrogens with one attached hydrogen (secondary N) is 2. The molecule has 1 amide bonds. The number of carbonyl (C=O) groups is 3. The fourth-order valence-electron chi connectivity index (χ4n) is 10.4. The maximum absolute atomic E-state index is 13.8. The van der Waals surface area contributed by atoms with Gasteiger partial charge in [-0.15, -0.1) is 4.83 Å². The average Bonchev–Trinajstić information content (AvgIpc) is 3.21. The summed E-state index contributed by atoms with van der Waals surface area (Å²) in [5.74, 6) is -1.05. The molecule has 3 N–H and O–H groups in total. The van der Waals surface area contributed by atoms with Crippen molar-refractivity contribution in [2.45, 2.75) is 131 Å².